The molecule has 0 saturated carbocycles. The summed E-state index contributed by atoms with van der Waals surface area (Å²) in [4.78, 5) is 24.7. The molecule has 0 aromatic heterocycles. The Kier molecular flexibility index (Phi) is 7.79. The lowest BCUT2D eigenvalue weighted by Gasteiger charge is -2.15. The Morgan fingerprint density at radius 2 is 1.49 bits per heavy atom. The maximum atomic E-state index is 12.6. The highest BCUT2D eigenvalue weighted by Crippen LogP contribution is 2.22. The number of nitrogens with one attached hydrogen (secondary N) is 2. The van der Waals surface area contributed by atoms with E-state index in [4.69, 9.17) is 4.74 Å². The van der Waals surface area contributed by atoms with E-state index < -0.39 is 21.8 Å². The molecule has 0 radical (unpaired) electrons. The van der Waals surface area contributed by atoms with Gasteiger partial charge in [-0.15, -0.1) is 0 Å². The standard InChI is InChI=1S/C26H27N3O5S/c30-25(19-34-24-11-5-4-10-22(24)18-20-8-2-1-3-9-20)27-28-26(31)21-12-14-23(15-13-21)35(32,33)29-16-6-7-17-29/h1-5,8-15H,6-7,16-19H2,(H,27,30)(H,28,31). The number of carbonyl (C=O) groups is 2. The van der Waals surface area contributed by atoms with Crippen LogP contribution in [0.1, 0.15) is 34.3 Å². The Labute approximate surface area is 204 Å². The van der Waals surface area contributed by atoms with Crippen molar-refractivity contribution in [1.29, 1.82) is 0 Å². The topological polar surface area (TPSA) is 105 Å². The summed E-state index contributed by atoms with van der Waals surface area (Å²) in [5, 5.41) is 0. The van der Waals surface area contributed by atoms with Crippen LogP contribution in [0.5, 0.6) is 5.75 Å². The van der Waals surface area contributed by atoms with Crippen molar-refractivity contribution in [2.75, 3.05) is 19.7 Å². The van der Waals surface area contributed by atoms with Crippen LogP contribution in [-0.4, -0.2) is 44.2 Å². The number of hydrogen-bond acceptors (Lipinski definition) is 5. The first-order valence-electron chi connectivity index (χ1n) is 11.4. The fraction of sp³-hybridized carbons (Fsp3) is 0.231. The van der Waals surface area contributed by atoms with Crippen LogP contribution in [0.15, 0.2) is 83.8 Å². The molecule has 1 fully saturated rings. The quantitative estimate of drug-likeness (QED) is 0.470. The third kappa shape index (κ3) is 6.26. The van der Waals surface area contributed by atoms with E-state index in [9.17, 15) is 18.0 Å². The molecule has 35 heavy (non-hydrogen) atoms. The molecular formula is C26H27N3O5S. The molecule has 1 aliphatic rings. The monoisotopic (exact) mass is 493 g/mol. The predicted molar refractivity (Wildman–Crippen MR) is 131 cm³/mol. The number of amides is 2. The van der Waals surface area contributed by atoms with Crippen LogP contribution in [0.4, 0.5) is 0 Å². The molecular weight excluding hydrogens is 466 g/mol. The molecule has 0 spiro atoms. The lowest BCUT2D eigenvalue weighted by Crippen LogP contribution is -2.43. The Hall–Kier alpha value is -3.69. The Balaban J connectivity index is 1.28. The number of hydrogen-bond donors (Lipinski definition) is 2. The number of rotatable bonds is 8. The van der Waals surface area contributed by atoms with Gasteiger partial charge in [-0.2, -0.15) is 4.31 Å². The summed E-state index contributed by atoms with van der Waals surface area (Å²) in [6.07, 6.45) is 2.36. The molecule has 2 N–H and O–H groups in total. The molecule has 0 unspecified atom stereocenters. The largest absolute Gasteiger partial charge is 0.483 e. The number of sulfonamides is 1. The summed E-state index contributed by atoms with van der Waals surface area (Å²) < 4.78 is 32.3. The summed E-state index contributed by atoms with van der Waals surface area (Å²) >= 11 is 0. The summed E-state index contributed by atoms with van der Waals surface area (Å²) in [7, 11) is -3.55. The number of nitrogens with zero attached hydrogens (tertiary/aromatic N) is 1. The van der Waals surface area contributed by atoms with Crippen LogP contribution >= 0.6 is 0 Å². The molecule has 8 nitrogen and oxygen atoms in total. The molecule has 0 aliphatic carbocycles. The molecule has 1 saturated heterocycles. The molecule has 1 heterocycles. The molecule has 1 aliphatic heterocycles. The van der Waals surface area contributed by atoms with E-state index in [0.717, 1.165) is 24.0 Å². The van der Waals surface area contributed by atoms with Crippen molar-refractivity contribution in [3.05, 3.63) is 95.6 Å². The van der Waals surface area contributed by atoms with Gasteiger partial charge in [-0.1, -0.05) is 48.5 Å². The van der Waals surface area contributed by atoms with Crippen molar-refractivity contribution in [3.8, 4) is 5.75 Å². The van der Waals surface area contributed by atoms with Gasteiger partial charge in [0.1, 0.15) is 5.75 Å². The zero-order valence-electron chi connectivity index (χ0n) is 19.1. The third-order valence-electron chi connectivity index (χ3n) is 5.70. The van der Waals surface area contributed by atoms with Gasteiger partial charge in [0.05, 0.1) is 4.90 Å². The number of benzene rings is 3. The van der Waals surface area contributed by atoms with Gasteiger partial charge in [-0.3, -0.25) is 20.4 Å². The lowest BCUT2D eigenvalue weighted by molar-refractivity contribution is -0.123. The van der Waals surface area contributed by atoms with Crippen LogP contribution in [0, 0.1) is 0 Å². The van der Waals surface area contributed by atoms with Crippen molar-refractivity contribution >= 4 is 21.8 Å². The summed E-state index contributed by atoms with van der Waals surface area (Å²) in [6, 6.07) is 23.0. The first-order valence-corrected chi connectivity index (χ1v) is 12.8. The maximum Gasteiger partial charge on any atom is 0.276 e. The second kappa shape index (κ2) is 11.2. The van der Waals surface area contributed by atoms with Crippen LogP contribution < -0.4 is 15.6 Å². The normalized spacial score (nSPS) is 13.8. The highest BCUT2D eigenvalue weighted by Gasteiger charge is 2.27. The minimum atomic E-state index is -3.55. The van der Waals surface area contributed by atoms with Gasteiger partial charge in [0, 0.05) is 25.1 Å². The minimum absolute atomic E-state index is 0.141. The molecule has 2 amide bonds. The fourth-order valence-corrected chi connectivity index (χ4v) is 5.36. The summed E-state index contributed by atoms with van der Waals surface area (Å²) in [5.74, 6) is -0.498. The summed E-state index contributed by atoms with van der Waals surface area (Å²) in [5.41, 5.74) is 6.93. The molecule has 3 aromatic rings. The number of para-hydroxylation sites is 1. The predicted octanol–water partition coefficient (Wildman–Crippen LogP) is 2.90. The Bertz CT molecular complexity index is 1270. The molecule has 0 bridgehead atoms. The van der Waals surface area contributed by atoms with Gasteiger partial charge in [0.15, 0.2) is 6.61 Å². The van der Waals surface area contributed by atoms with E-state index in [2.05, 4.69) is 10.9 Å². The number of hydrazine groups is 1. The molecule has 9 heteroatoms. The fourth-order valence-electron chi connectivity index (χ4n) is 3.84. The zero-order valence-corrected chi connectivity index (χ0v) is 20.0. The average molecular weight is 494 g/mol. The van der Waals surface area contributed by atoms with Gasteiger partial charge in [-0.25, -0.2) is 8.42 Å². The third-order valence-corrected chi connectivity index (χ3v) is 7.62. The van der Waals surface area contributed by atoms with Crippen molar-refractivity contribution in [3.63, 3.8) is 0 Å². The van der Waals surface area contributed by atoms with Crippen LogP contribution in [0.2, 0.25) is 0 Å². The van der Waals surface area contributed by atoms with E-state index in [0.29, 0.717) is 25.3 Å². The van der Waals surface area contributed by atoms with Crippen molar-refractivity contribution in [2.24, 2.45) is 0 Å². The number of carbonyl (C=O) groups excluding carboxylic acids is 2. The highest BCUT2D eigenvalue weighted by atomic mass is 32.2. The average Bonchev–Trinajstić information content (AvgIpc) is 3.44. The van der Waals surface area contributed by atoms with Gasteiger partial charge < -0.3 is 4.74 Å². The van der Waals surface area contributed by atoms with Gasteiger partial charge in [0.2, 0.25) is 10.0 Å². The van der Waals surface area contributed by atoms with Crippen LogP contribution in [-0.2, 0) is 21.2 Å². The molecule has 3 aromatic carbocycles. The Morgan fingerprint density at radius 3 is 2.20 bits per heavy atom. The zero-order chi connectivity index (χ0) is 24.7. The summed E-state index contributed by atoms with van der Waals surface area (Å²) in [6.45, 7) is 0.740. The first-order chi connectivity index (χ1) is 16.9. The highest BCUT2D eigenvalue weighted by molar-refractivity contribution is 7.89. The number of ether oxygens (including phenoxy) is 1. The second-order valence-corrected chi connectivity index (χ2v) is 10.1. The van der Waals surface area contributed by atoms with E-state index in [1.165, 1.54) is 28.6 Å². The van der Waals surface area contributed by atoms with Gasteiger partial charge in [-0.05, 0) is 54.3 Å². The maximum absolute atomic E-state index is 12.6. The molecule has 0 atom stereocenters. The SMILES string of the molecule is O=C(COc1ccccc1Cc1ccccc1)NNC(=O)c1ccc(S(=O)(=O)N2CCCC2)cc1. The van der Waals surface area contributed by atoms with Crippen LogP contribution in [0.25, 0.3) is 0 Å². The lowest BCUT2D eigenvalue weighted by atomic mass is 10.0. The van der Waals surface area contributed by atoms with Crippen LogP contribution in [0.3, 0.4) is 0 Å². The van der Waals surface area contributed by atoms with Crippen molar-refractivity contribution in [2.45, 2.75) is 24.2 Å². The van der Waals surface area contributed by atoms with E-state index >= 15 is 0 Å². The van der Waals surface area contributed by atoms with Crippen molar-refractivity contribution < 1.29 is 22.7 Å². The van der Waals surface area contributed by atoms with E-state index in [-0.39, 0.29) is 17.1 Å². The minimum Gasteiger partial charge on any atom is -0.483 e. The van der Waals surface area contributed by atoms with E-state index in [1.807, 2.05) is 48.5 Å². The van der Waals surface area contributed by atoms with E-state index in [1.54, 1.807) is 6.07 Å². The Morgan fingerprint density at radius 1 is 0.829 bits per heavy atom. The van der Waals surface area contributed by atoms with Gasteiger partial charge >= 0.3 is 0 Å². The smallest absolute Gasteiger partial charge is 0.276 e. The molecule has 182 valence electrons. The first kappa shape index (κ1) is 24.4. The van der Waals surface area contributed by atoms with Crippen molar-refractivity contribution in [1.82, 2.24) is 15.2 Å². The van der Waals surface area contributed by atoms with Gasteiger partial charge in [0.25, 0.3) is 11.8 Å². The molecule has 4 rings (SSSR count). The second-order valence-electron chi connectivity index (χ2n) is 8.20.